The number of hydrogen-bond acceptors (Lipinski definition) is 3. The van der Waals surface area contributed by atoms with E-state index in [-0.39, 0.29) is 12.0 Å². The molecule has 2 rings (SSSR count). The summed E-state index contributed by atoms with van der Waals surface area (Å²) < 4.78 is 4.75. The Kier molecular flexibility index (Phi) is 6.95. The maximum atomic E-state index is 11.6. The highest BCUT2D eigenvalue weighted by Gasteiger charge is 2.14. The van der Waals surface area contributed by atoms with Gasteiger partial charge in [-0.15, -0.1) is 0 Å². The van der Waals surface area contributed by atoms with E-state index < -0.39 is 0 Å². The zero-order valence-electron chi connectivity index (χ0n) is 14.8. The van der Waals surface area contributed by atoms with Gasteiger partial charge >= 0.3 is 5.97 Å². The number of nitrogens with one attached hydrogen (secondary N) is 2. The SMILES string of the molecule is COC(=O)c1cccc(NC(=S)NC(CC(C)C)c2ccccc2)c1. The van der Waals surface area contributed by atoms with Crippen molar-refractivity contribution >= 4 is 29.0 Å². The summed E-state index contributed by atoms with van der Waals surface area (Å²) in [5, 5.41) is 7.05. The van der Waals surface area contributed by atoms with Crippen LogP contribution in [0.2, 0.25) is 0 Å². The Morgan fingerprint density at radius 3 is 2.48 bits per heavy atom. The first-order valence-corrected chi connectivity index (χ1v) is 8.71. The summed E-state index contributed by atoms with van der Waals surface area (Å²) in [5.74, 6) is 0.160. The third-order valence-corrected chi connectivity index (χ3v) is 3.98. The molecule has 0 aliphatic carbocycles. The zero-order chi connectivity index (χ0) is 18.2. The molecule has 0 spiro atoms. The van der Waals surface area contributed by atoms with Crippen molar-refractivity contribution in [2.45, 2.75) is 26.3 Å². The van der Waals surface area contributed by atoms with Gasteiger partial charge in [0.1, 0.15) is 0 Å². The predicted octanol–water partition coefficient (Wildman–Crippen LogP) is 4.55. The van der Waals surface area contributed by atoms with Gasteiger partial charge < -0.3 is 15.4 Å². The van der Waals surface area contributed by atoms with Gasteiger partial charge in [0.25, 0.3) is 0 Å². The minimum absolute atomic E-state index is 0.130. The number of benzene rings is 2. The molecule has 2 N–H and O–H groups in total. The Bertz CT molecular complexity index is 717. The van der Waals surface area contributed by atoms with Crippen molar-refractivity contribution in [2.24, 2.45) is 5.92 Å². The Labute approximate surface area is 154 Å². The maximum absolute atomic E-state index is 11.6. The molecule has 25 heavy (non-hydrogen) atoms. The highest BCUT2D eigenvalue weighted by molar-refractivity contribution is 7.80. The van der Waals surface area contributed by atoms with Crippen LogP contribution in [0.25, 0.3) is 0 Å². The Morgan fingerprint density at radius 1 is 1.12 bits per heavy atom. The van der Waals surface area contributed by atoms with E-state index in [2.05, 4.69) is 36.6 Å². The van der Waals surface area contributed by atoms with Crippen molar-refractivity contribution < 1.29 is 9.53 Å². The molecule has 4 nitrogen and oxygen atoms in total. The molecule has 0 amide bonds. The first-order valence-electron chi connectivity index (χ1n) is 8.30. The highest BCUT2D eigenvalue weighted by atomic mass is 32.1. The minimum Gasteiger partial charge on any atom is -0.465 e. The van der Waals surface area contributed by atoms with E-state index in [1.165, 1.54) is 12.7 Å². The van der Waals surface area contributed by atoms with Crippen LogP contribution in [0.5, 0.6) is 0 Å². The number of carbonyl (C=O) groups excluding carboxylic acids is 1. The van der Waals surface area contributed by atoms with E-state index in [9.17, 15) is 4.79 Å². The van der Waals surface area contributed by atoms with Gasteiger partial charge in [-0.2, -0.15) is 0 Å². The smallest absolute Gasteiger partial charge is 0.337 e. The number of methoxy groups -OCH3 is 1. The van der Waals surface area contributed by atoms with E-state index in [1.807, 2.05) is 24.3 Å². The normalized spacial score (nSPS) is 11.7. The van der Waals surface area contributed by atoms with Crippen molar-refractivity contribution in [2.75, 3.05) is 12.4 Å². The molecule has 2 aromatic rings. The Balaban J connectivity index is 2.07. The number of rotatable bonds is 6. The molecule has 2 aromatic carbocycles. The first kappa shape index (κ1) is 18.9. The summed E-state index contributed by atoms with van der Waals surface area (Å²) in [7, 11) is 1.37. The molecule has 0 aliphatic rings. The van der Waals surface area contributed by atoms with Gasteiger partial charge in [-0.25, -0.2) is 4.79 Å². The van der Waals surface area contributed by atoms with Crippen molar-refractivity contribution in [1.29, 1.82) is 0 Å². The third-order valence-electron chi connectivity index (χ3n) is 3.76. The lowest BCUT2D eigenvalue weighted by Gasteiger charge is -2.23. The molecule has 0 bridgehead atoms. The van der Waals surface area contributed by atoms with Crippen molar-refractivity contribution in [3.63, 3.8) is 0 Å². The Morgan fingerprint density at radius 2 is 1.84 bits per heavy atom. The molecule has 1 unspecified atom stereocenters. The van der Waals surface area contributed by atoms with Gasteiger partial charge in [0, 0.05) is 5.69 Å². The molecule has 0 aromatic heterocycles. The van der Waals surface area contributed by atoms with Crippen molar-refractivity contribution in [3.05, 3.63) is 65.7 Å². The molecule has 0 heterocycles. The average molecular weight is 356 g/mol. The molecular weight excluding hydrogens is 332 g/mol. The quantitative estimate of drug-likeness (QED) is 0.587. The Hall–Kier alpha value is -2.40. The van der Waals surface area contributed by atoms with E-state index in [0.717, 1.165) is 12.1 Å². The average Bonchev–Trinajstić information content (AvgIpc) is 2.61. The van der Waals surface area contributed by atoms with Gasteiger partial charge in [-0.05, 0) is 48.3 Å². The van der Waals surface area contributed by atoms with Crippen LogP contribution >= 0.6 is 12.2 Å². The molecule has 5 heteroatoms. The molecule has 0 fully saturated rings. The third kappa shape index (κ3) is 5.87. The number of esters is 1. The summed E-state index contributed by atoms with van der Waals surface area (Å²) >= 11 is 5.46. The van der Waals surface area contributed by atoms with Crippen molar-refractivity contribution in [1.82, 2.24) is 5.32 Å². The van der Waals surface area contributed by atoms with Crippen LogP contribution in [0.4, 0.5) is 5.69 Å². The van der Waals surface area contributed by atoms with Crippen LogP contribution in [0.1, 0.15) is 42.2 Å². The molecule has 0 radical (unpaired) electrons. The number of ether oxygens (including phenoxy) is 1. The lowest BCUT2D eigenvalue weighted by Crippen LogP contribution is -2.33. The molecule has 132 valence electrons. The van der Waals surface area contributed by atoms with Gasteiger partial charge in [0.15, 0.2) is 5.11 Å². The highest BCUT2D eigenvalue weighted by Crippen LogP contribution is 2.21. The van der Waals surface area contributed by atoms with Crippen molar-refractivity contribution in [3.8, 4) is 0 Å². The van der Waals surface area contributed by atoms with Gasteiger partial charge in [0.05, 0.1) is 18.7 Å². The number of anilines is 1. The van der Waals surface area contributed by atoms with Crippen LogP contribution in [-0.2, 0) is 4.74 Å². The van der Waals surface area contributed by atoms with Crippen LogP contribution in [0.3, 0.4) is 0 Å². The summed E-state index contributed by atoms with van der Waals surface area (Å²) in [6.07, 6.45) is 0.966. The van der Waals surface area contributed by atoms with Gasteiger partial charge in [-0.3, -0.25) is 0 Å². The molecule has 1 atom stereocenters. The van der Waals surface area contributed by atoms with E-state index in [0.29, 0.717) is 16.6 Å². The van der Waals surface area contributed by atoms with Crippen LogP contribution in [-0.4, -0.2) is 18.2 Å². The topological polar surface area (TPSA) is 50.4 Å². The number of carbonyl (C=O) groups is 1. The lowest BCUT2D eigenvalue weighted by atomic mass is 9.97. The second kappa shape index (κ2) is 9.18. The summed E-state index contributed by atoms with van der Waals surface area (Å²) in [6.45, 7) is 4.38. The predicted molar refractivity (Wildman–Crippen MR) is 106 cm³/mol. The van der Waals surface area contributed by atoms with Crippen LogP contribution in [0, 0.1) is 5.92 Å². The number of hydrogen-bond donors (Lipinski definition) is 2. The standard InChI is InChI=1S/C20H24N2O2S/c1-14(2)12-18(15-8-5-4-6-9-15)22-20(25)21-17-11-7-10-16(13-17)19(23)24-3/h4-11,13-14,18H,12H2,1-3H3,(H2,21,22,25). The summed E-state index contributed by atoms with van der Waals surface area (Å²) in [5.41, 5.74) is 2.43. The van der Waals surface area contributed by atoms with E-state index in [1.54, 1.807) is 18.2 Å². The lowest BCUT2D eigenvalue weighted by molar-refractivity contribution is 0.0601. The van der Waals surface area contributed by atoms with E-state index >= 15 is 0 Å². The fourth-order valence-electron chi connectivity index (χ4n) is 2.60. The maximum Gasteiger partial charge on any atom is 0.337 e. The van der Waals surface area contributed by atoms with Gasteiger partial charge in [0.2, 0.25) is 0 Å². The fourth-order valence-corrected chi connectivity index (χ4v) is 2.86. The monoisotopic (exact) mass is 356 g/mol. The largest absolute Gasteiger partial charge is 0.465 e. The molecule has 0 saturated carbocycles. The van der Waals surface area contributed by atoms with Crippen LogP contribution in [0.15, 0.2) is 54.6 Å². The second-order valence-electron chi connectivity index (χ2n) is 6.26. The molecular formula is C20H24N2O2S. The molecule has 0 saturated heterocycles. The van der Waals surface area contributed by atoms with Gasteiger partial charge in [-0.1, -0.05) is 50.2 Å². The minimum atomic E-state index is -0.371. The zero-order valence-corrected chi connectivity index (χ0v) is 15.6. The summed E-state index contributed by atoms with van der Waals surface area (Å²) in [4.78, 5) is 11.6. The van der Waals surface area contributed by atoms with E-state index in [4.69, 9.17) is 17.0 Å². The summed E-state index contributed by atoms with van der Waals surface area (Å²) in [6, 6.07) is 17.5. The fraction of sp³-hybridized carbons (Fsp3) is 0.300. The number of thiocarbonyl (C=S) groups is 1. The first-order chi connectivity index (χ1) is 12.0. The molecule has 0 aliphatic heterocycles. The van der Waals surface area contributed by atoms with Crippen LogP contribution < -0.4 is 10.6 Å². The second-order valence-corrected chi connectivity index (χ2v) is 6.67.